The molecule has 0 aliphatic heterocycles. The molecule has 0 heterocycles. The van der Waals surface area contributed by atoms with Gasteiger partial charge in [0.25, 0.3) is 0 Å². The molecule has 0 amide bonds. The smallest absolute Gasteiger partial charge is 0.125 e. The molecule has 1 rings (SSSR count). The van der Waals surface area contributed by atoms with E-state index in [1.54, 1.807) is 6.07 Å². The first kappa shape index (κ1) is 17.6. The third-order valence-corrected chi connectivity index (χ3v) is 4.07. The molecule has 118 valence electrons. The standard InChI is InChI=1S/C19H30O2/c1-13(2)8-7-9-14(3)10-11-21-19-15(4)12-18(20)16(5)17(19)6/h8,12,14,20H,7,9-11H2,1-6H3/t14-/m0/s1. The van der Waals surface area contributed by atoms with Gasteiger partial charge in [-0.2, -0.15) is 0 Å². The molecular weight excluding hydrogens is 260 g/mol. The van der Waals surface area contributed by atoms with E-state index in [9.17, 15) is 5.11 Å². The molecule has 0 radical (unpaired) electrons. The highest BCUT2D eigenvalue weighted by Crippen LogP contribution is 2.32. The summed E-state index contributed by atoms with van der Waals surface area (Å²) in [4.78, 5) is 0. The molecule has 1 aromatic carbocycles. The van der Waals surface area contributed by atoms with Crippen molar-refractivity contribution in [2.45, 2.75) is 60.8 Å². The maximum atomic E-state index is 9.80. The number of aryl methyl sites for hydroxylation is 1. The summed E-state index contributed by atoms with van der Waals surface area (Å²) in [6.07, 6.45) is 5.73. The number of hydrogen-bond donors (Lipinski definition) is 1. The van der Waals surface area contributed by atoms with Crippen LogP contribution in [0.15, 0.2) is 17.7 Å². The molecular formula is C19H30O2. The molecule has 1 atom stereocenters. The van der Waals surface area contributed by atoms with E-state index in [1.807, 2.05) is 20.8 Å². The van der Waals surface area contributed by atoms with Gasteiger partial charge >= 0.3 is 0 Å². The Bertz CT molecular complexity index is 497. The Labute approximate surface area is 129 Å². The highest BCUT2D eigenvalue weighted by molar-refractivity contribution is 5.51. The van der Waals surface area contributed by atoms with Crippen LogP contribution in [0.2, 0.25) is 0 Å². The zero-order valence-electron chi connectivity index (χ0n) is 14.4. The summed E-state index contributed by atoms with van der Waals surface area (Å²) in [5.41, 5.74) is 4.36. The first-order valence-electron chi connectivity index (χ1n) is 7.88. The van der Waals surface area contributed by atoms with Crippen molar-refractivity contribution in [3.05, 3.63) is 34.4 Å². The average Bonchev–Trinajstić information content (AvgIpc) is 2.39. The molecule has 2 nitrogen and oxygen atoms in total. The first-order chi connectivity index (χ1) is 9.82. The van der Waals surface area contributed by atoms with Crippen LogP contribution in [0.5, 0.6) is 11.5 Å². The zero-order chi connectivity index (χ0) is 16.0. The molecule has 0 fully saturated rings. The fourth-order valence-corrected chi connectivity index (χ4v) is 2.42. The number of allylic oxidation sites excluding steroid dienone is 2. The van der Waals surface area contributed by atoms with Crippen LogP contribution in [0.3, 0.4) is 0 Å². The zero-order valence-corrected chi connectivity index (χ0v) is 14.4. The predicted octanol–water partition coefficient (Wildman–Crippen LogP) is 5.47. The molecule has 2 heteroatoms. The van der Waals surface area contributed by atoms with Crippen LogP contribution in [-0.2, 0) is 0 Å². The summed E-state index contributed by atoms with van der Waals surface area (Å²) in [7, 11) is 0. The largest absolute Gasteiger partial charge is 0.508 e. The van der Waals surface area contributed by atoms with Gasteiger partial charge in [0.05, 0.1) is 6.61 Å². The number of rotatable bonds is 7. The molecule has 0 bridgehead atoms. The van der Waals surface area contributed by atoms with Crippen LogP contribution in [0.4, 0.5) is 0 Å². The second-order valence-corrected chi connectivity index (χ2v) is 6.39. The molecule has 0 saturated heterocycles. The molecule has 0 saturated carbocycles. The number of phenolic OH excluding ortho intramolecular Hbond substituents is 1. The van der Waals surface area contributed by atoms with Crippen LogP contribution in [-0.4, -0.2) is 11.7 Å². The topological polar surface area (TPSA) is 29.5 Å². The van der Waals surface area contributed by atoms with E-state index in [0.717, 1.165) is 41.9 Å². The lowest BCUT2D eigenvalue weighted by atomic mass is 10.0. The van der Waals surface area contributed by atoms with E-state index in [-0.39, 0.29) is 0 Å². The molecule has 0 aliphatic carbocycles. The minimum atomic E-state index is 0.354. The summed E-state index contributed by atoms with van der Waals surface area (Å²) < 4.78 is 5.97. The fraction of sp³-hybridized carbons (Fsp3) is 0.579. The van der Waals surface area contributed by atoms with Gasteiger partial charge in [0.15, 0.2) is 0 Å². The second kappa shape index (κ2) is 8.11. The molecule has 1 N–H and O–H groups in total. The van der Waals surface area contributed by atoms with Crippen LogP contribution in [0.1, 0.15) is 56.7 Å². The van der Waals surface area contributed by atoms with Crippen LogP contribution >= 0.6 is 0 Å². The van der Waals surface area contributed by atoms with Gasteiger partial charge < -0.3 is 9.84 Å². The van der Waals surface area contributed by atoms with Gasteiger partial charge in [-0.1, -0.05) is 18.6 Å². The Morgan fingerprint density at radius 3 is 2.48 bits per heavy atom. The van der Waals surface area contributed by atoms with E-state index in [4.69, 9.17) is 4.74 Å². The Hall–Kier alpha value is -1.44. The van der Waals surface area contributed by atoms with Crippen LogP contribution in [0.25, 0.3) is 0 Å². The SMILES string of the molecule is CC(C)=CCC[C@H](C)CCOc1c(C)cc(O)c(C)c1C. The van der Waals surface area contributed by atoms with Gasteiger partial charge in [-0.3, -0.25) is 0 Å². The highest BCUT2D eigenvalue weighted by atomic mass is 16.5. The number of hydrogen-bond acceptors (Lipinski definition) is 2. The van der Waals surface area contributed by atoms with Crippen LogP contribution in [0, 0.1) is 26.7 Å². The monoisotopic (exact) mass is 290 g/mol. The van der Waals surface area contributed by atoms with Crippen molar-refractivity contribution >= 4 is 0 Å². The van der Waals surface area contributed by atoms with Gasteiger partial charge in [-0.05, 0) is 82.6 Å². The van der Waals surface area contributed by atoms with Gasteiger partial charge in [-0.15, -0.1) is 0 Å². The summed E-state index contributed by atoms with van der Waals surface area (Å²) in [5.74, 6) is 1.95. The quantitative estimate of drug-likeness (QED) is 0.675. The van der Waals surface area contributed by atoms with Crippen molar-refractivity contribution in [1.82, 2.24) is 0 Å². The average molecular weight is 290 g/mol. The van der Waals surface area contributed by atoms with Gasteiger partial charge in [0.1, 0.15) is 11.5 Å². The normalized spacial score (nSPS) is 12.1. The fourth-order valence-electron chi connectivity index (χ4n) is 2.42. The molecule has 0 aromatic heterocycles. The molecule has 21 heavy (non-hydrogen) atoms. The molecule has 0 aliphatic rings. The summed E-state index contributed by atoms with van der Waals surface area (Å²) in [6.45, 7) is 13.2. The van der Waals surface area contributed by atoms with Gasteiger partial charge in [0.2, 0.25) is 0 Å². The highest BCUT2D eigenvalue weighted by Gasteiger charge is 2.11. The number of benzene rings is 1. The van der Waals surface area contributed by atoms with Crippen molar-refractivity contribution < 1.29 is 9.84 Å². The predicted molar refractivity (Wildman–Crippen MR) is 90.3 cm³/mol. The lowest BCUT2D eigenvalue weighted by Gasteiger charge is -2.17. The maximum absolute atomic E-state index is 9.80. The summed E-state index contributed by atoms with van der Waals surface area (Å²) in [5, 5.41) is 9.80. The maximum Gasteiger partial charge on any atom is 0.125 e. The molecule has 0 spiro atoms. The minimum Gasteiger partial charge on any atom is -0.508 e. The van der Waals surface area contributed by atoms with Crippen molar-refractivity contribution in [2.24, 2.45) is 5.92 Å². The minimum absolute atomic E-state index is 0.354. The Balaban J connectivity index is 2.50. The molecule has 1 aromatic rings. The van der Waals surface area contributed by atoms with E-state index >= 15 is 0 Å². The lowest BCUT2D eigenvalue weighted by Crippen LogP contribution is -2.06. The number of aromatic hydroxyl groups is 1. The number of ether oxygens (including phenoxy) is 1. The van der Waals surface area contributed by atoms with E-state index < -0.39 is 0 Å². The van der Waals surface area contributed by atoms with Crippen molar-refractivity contribution in [3.8, 4) is 11.5 Å². The Morgan fingerprint density at radius 2 is 1.86 bits per heavy atom. The van der Waals surface area contributed by atoms with Crippen molar-refractivity contribution in [3.63, 3.8) is 0 Å². The number of phenols is 1. The van der Waals surface area contributed by atoms with Crippen LogP contribution < -0.4 is 4.74 Å². The van der Waals surface area contributed by atoms with Crippen molar-refractivity contribution in [1.29, 1.82) is 0 Å². The van der Waals surface area contributed by atoms with Gasteiger partial charge in [0, 0.05) is 0 Å². The van der Waals surface area contributed by atoms with Crippen molar-refractivity contribution in [2.75, 3.05) is 6.61 Å². The van der Waals surface area contributed by atoms with E-state index in [0.29, 0.717) is 11.7 Å². The second-order valence-electron chi connectivity index (χ2n) is 6.39. The summed E-state index contributed by atoms with van der Waals surface area (Å²) >= 11 is 0. The van der Waals surface area contributed by atoms with Gasteiger partial charge in [-0.25, -0.2) is 0 Å². The molecule has 0 unspecified atom stereocenters. The first-order valence-corrected chi connectivity index (χ1v) is 7.88. The summed E-state index contributed by atoms with van der Waals surface area (Å²) in [6, 6.07) is 1.79. The third kappa shape index (κ3) is 5.45. The Kier molecular flexibility index (Phi) is 6.80. The Morgan fingerprint density at radius 1 is 1.19 bits per heavy atom. The van der Waals surface area contributed by atoms with E-state index in [2.05, 4.69) is 26.8 Å². The van der Waals surface area contributed by atoms with E-state index in [1.165, 1.54) is 12.0 Å². The third-order valence-electron chi connectivity index (χ3n) is 4.07. The lowest BCUT2D eigenvalue weighted by molar-refractivity contribution is 0.276.